The lowest BCUT2D eigenvalue weighted by Crippen LogP contribution is -2.33. The topological polar surface area (TPSA) is 91.7 Å². The maximum Gasteiger partial charge on any atom is 0.256 e. The molecular formula is C33H44N4O4S. The third-order valence-corrected chi connectivity index (χ3v) is 9.73. The number of pyridine rings is 1. The van der Waals surface area contributed by atoms with Crippen molar-refractivity contribution in [3.05, 3.63) is 88.7 Å². The van der Waals surface area contributed by atoms with Gasteiger partial charge in [0, 0.05) is 50.9 Å². The van der Waals surface area contributed by atoms with E-state index in [2.05, 4.69) is 35.9 Å². The van der Waals surface area contributed by atoms with Crippen molar-refractivity contribution in [3.8, 4) is 0 Å². The first-order chi connectivity index (χ1) is 20.3. The molecule has 1 saturated heterocycles. The lowest BCUT2D eigenvalue weighted by Gasteiger charge is -2.22. The highest BCUT2D eigenvalue weighted by Crippen LogP contribution is 2.23. The lowest BCUT2D eigenvalue weighted by molar-refractivity contribution is 0.0949. The molecule has 0 atom stereocenters. The van der Waals surface area contributed by atoms with Gasteiger partial charge < -0.3 is 9.88 Å². The SMILES string of the molecule is C=CCn1cc(C(=O)NCCCN(CCCC)Cc2ccccc2)c(=O)c2cc(S(=O)(=O)N3CCCCCC3)ccc21. The number of carbonyl (C=O) groups is 1. The van der Waals surface area contributed by atoms with Gasteiger partial charge in [0.2, 0.25) is 15.5 Å². The molecule has 0 saturated carbocycles. The average Bonchev–Trinajstić information content (AvgIpc) is 3.30. The van der Waals surface area contributed by atoms with Crippen molar-refractivity contribution in [3.63, 3.8) is 0 Å². The molecule has 0 unspecified atom stereocenters. The Kier molecular flexibility index (Phi) is 11.5. The third-order valence-electron chi connectivity index (χ3n) is 7.84. The maximum absolute atomic E-state index is 13.6. The van der Waals surface area contributed by atoms with E-state index in [0.29, 0.717) is 31.7 Å². The van der Waals surface area contributed by atoms with Gasteiger partial charge in [-0.05, 0) is 56.0 Å². The lowest BCUT2D eigenvalue weighted by atomic mass is 10.1. The number of rotatable bonds is 14. The fraction of sp³-hybridized carbons (Fsp3) is 0.455. The van der Waals surface area contributed by atoms with Crippen molar-refractivity contribution in [1.29, 1.82) is 0 Å². The number of hydrogen-bond acceptors (Lipinski definition) is 5. The maximum atomic E-state index is 13.6. The van der Waals surface area contributed by atoms with Crippen LogP contribution in [0.25, 0.3) is 10.9 Å². The molecule has 8 nitrogen and oxygen atoms in total. The second-order valence-corrected chi connectivity index (χ2v) is 13.0. The first kappa shape index (κ1) is 31.7. The number of fused-ring (bicyclic) bond motifs is 1. The van der Waals surface area contributed by atoms with Gasteiger partial charge in [0.1, 0.15) is 5.56 Å². The highest BCUT2D eigenvalue weighted by Gasteiger charge is 2.26. The molecule has 0 radical (unpaired) electrons. The number of sulfonamides is 1. The Morgan fingerprint density at radius 3 is 2.43 bits per heavy atom. The molecule has 1 aromatic heterocycles. The van der Waals surface area contributed by atoms with Crippen molar-refractivity contribution in [2.24, 2.45) is 0 Å². The first-order valence-electron chi connectivity index (χ1n) is 15.2. The highest BCUT2D eigenvalue weighted by atomic mass is 32.2. The van der Waals surface area contributed by atoms with Gasteiger partial charge in [-0.25, -0.2) is 8.42 Å². The number of allylic oxidation sites excluding steroid dienone is 1. The molecule has 1 fully saturated rings. The van der Waals surface area contributed by atoms with Crippen molar-refractivity contribution in [2.45, 2.75) is 69.9 Å². The van der Waals surface area contributed by atoms with Crippen LogP contribution in [0, 0.1) is 0 Å². The summed E-state index contributed by atoms with van der Waals surface area (Å²) in [5, 5.41) is 3.14. The Labute approximate surface area is 250 Å². The van der Waals surface area contributed by atoms with E-state index in [1.165, 1.54) is 15.9 Å². The van der Waals surface area contributed by atoms with Crippen molar-refractivity contribution in [1.82, 2.24) is 19.1 Å². The Hall–Kier alpha value is -3.27. The molecule has 0 spiro atoms. The van der Waals surface area contributed by atoms with Gasteiger partial charge in [0.25, 0.3) is 5.91 Å². The standard InChI is InChI=1S/C33H44N4O4S/c1-3-5-20-35(25-27-14-9-8-10-15-27)21-13-18-34-33(39)30-26-36(19-4-2)31-17-16-28(24-29(31)32(30)38)42(40,41)37-22-11-6-7-12-23-37/h4,8-10,14-17,24,26H,2-3,5-7,11-13,18-23,25H2,1H3,(H,34,39). The zero-order chi connectivity index (χ0) is 30.0. The summed E-state index contributed by atoms with van der Waals surface area (Å²) in [6.45, 7) is 10.4. The van der Waals surface area contributed by atoms with E-state index in [-0.39, 0.29) is 15.8 Å². The third kappa shape index (κ3) is 7.96. The van der Waals surface area contributed by atoms with Crippen LogP contribution < -0.4 is 10.7 Å². The summed E-state index contributed by atoms with van der Waals surface area (Å²) in [5.41, 5.74) is 1.36. The number of aromatic nitrogens is 1. The fourth-order valence-electron chi connectivity index (χ4n) is 5.51. The van der Waals surface area contributed by atoms with E-state index in [4.69, 9.17) is 0 Å². The number of benzene rings is 2. The molecule has 3 aromatic rings. The van der Waals surface area contributed by atoms with Crippen molar-refractivity contribution >= 4 is 26.8 Å². The molecule has 1 aliphatic heterocycles. The van der Waals surface area contributed by atoms with E-state index in [9.17, 15) is 18.0 Å². The van der Waals surface area contributed by atoms with Crippen LogP contribution in [0.15, 0.2) is 77.1 Å². The van der Waals surface area contributed by atoms with Crippen LogP contribution in [0.3, 0.4) is 0 Å². The Balaban J connectivity index is 1.51. The van der Waals surface area contributed by atoms with E-state index in [1.54, 1.807) is 29.0 Å². The number of unbranched alkanes of at least 4 members (excludes halogenated alkanes) is 1. The molecule has 1 aliphatic rings. The quantitative estimate of drug-likeness (QED) is 0.206. The number of carbonyl (C=O) groups excluding carboxylic acids is 1. The zero-order valence-electron chi connectivity index (χ0n) is 24.8. The van der Waals surface area contributed by atoms with Crippen LogP contribution in [0.4, 0.5) is 0 Å². The van der Waals surface area contributed by atoms with Gasteiger partial charge >= 0.3 is 0 Å². The van der Waals surface area contributed by atoms with Crippen LogP contribution in [0.1, 0.15) is 67.8 Å². The molecule has 2 heterocycles. The molecule has 226 valence electrons. The average molecular weight is 593 g/mol. The van der Waals surface area contributed by atoms with Gasteiger partial charge in [-0.3, -0.25) is 14.5 Å². The molecule has 42 heavy (non-hydrogen) atoms. The summed E-state index contributed by atoms with van der Waals surface area (Å²) >= 11 is 0. The predicted octanol–water partition coefficient (Wildman–Crippen LogP) is 5.17. The van der Waals surface area contributed by atoms with E-state index >= 15 is 0 Å². The Bertz CT molecular complexity index is 1510. The van der Waals surface area contributed by atoms with Gasteiger partial charge in [-0.15, -0.1) is 6.58 Å². The van der Waals surface area contributed by atoms with Gasteiger partial charge in [0.05, 0.1) is 10.4 Å². The van der Waals surface area contributed by atoms with Crippen molar-refractivity contribution in [2.75, 3.05) is 32.7 Å². The molecule has 4 rings (SSSR count). The van der Waals surface area contributed by atoms with Gasteiger partial charge in [0.15, 0.2) is 0 Å². The van der Waals surface area contributed by atoms with E-state index in [0.717, 1.165) is 64.6 Å². The Morgan fingerprint density at radius 2 is 1.74 bits per heavy atom. The summed E-state index contributed by atoms with van der Waals surface area (Å²) in [7, 11) is -3.75. The number of hydrogen-bond donors (Lipinski definition) is 1. The smallest absolute Gasteiger partial charge is 0.256 e. The summed E-state index contributed by atoms with van der Waals surface area (Å²) in [5.74, 6) is -0.455. The highest BCUT2D eigenvalue weighted by molar-refractivity contribution is 7.89. The monoisotopic (exact) mass is 592 g/mol. The summed E-state index contributed by atoms with van der Waals surface area (Å²) in [6.07, 6.45) is 9.87. The van der Waals surface area contributed by atoms with Crippen LogP contribution >= 0.6 is 0 Å². The van der Waals surface area contributed by atoms with Gasteiger partial charge in [-0.2, -0.15) is 4.31 Å². The fourth-order valence-corrected chi connectivity index (χ4v) is 7.06. The van der Waals surface area contributed by atoms with E-state index in [1.807, 2.05) is 18.2 Å². The minimum atomic E-state index is -3.75. The first-order valence-corrected chi connectivity index (χ1v) is 16.6. The van der Waals surface area contributed by atoms with Crippen LogP contribution in [0.2, 0.25) is 0 Å². The van der Waals surface area contributed by atoms with Crippen LogP contribution in [-0.2, 0) is 23.1 Å². The van der Waals surface area contributed by atoms with E-state index < -0.39 is 21.4 Å². The zero-order valence-corrected chi connectivity index (χ0v) is 25.6. The summed E-state index contributed by atoms with van der Waals surface area (Å²) in [4.78, 5) is 29.3. The minimum absolute atomic E-state index is 0.000736. The van der Waals surface area contributed by atoms with Crippen LogP contribution in [-0.4, -0.2) is 60.8 Å². The van der Waals surface area contributed by atoms with Gasteiger partial charge in [-0.1, -0.05) is 62.6 Å². The Morgan fingerprint density at radius 1 is 1.02 bits per heavy atom. The summed E-state index contributed by atoms with van der Waals surface area (Å²) < 4.78 is 30.2. The molecule has 0 bridgehead atoms. The molecule has 9 heteroatoms. The normalized spacial score (nSPS) is 14.6. The molecule has 1 amide bonds. The minimum Gasteiger partial charge on any atom is -0.352 e. The molecular weight excluding hydrogens is 548 g/mol. The van der Waals surface area contributed by atoms with Crippen molar-refractivity contribution < 1.29 is 13.2 Å². The number of nitrogens with one attached hydrogen (secondary N) is 1. The predicted molar refractivity (Wildman–Crippen MR) is 169 cm³/mol. The molecule has 1 N–H and O–H groups in total. The molecule has 2 aromatic carbocycles. The van der Waals surface area contributed by atoms with Crippen LogP contribution in [0.5, 0.6) is 0 Å². The summed E-state index contributed by atoms with van der Waals surface area (Å²) in [6, 6.07) is 15.0. The second-order valence-electron chi connectivity index (χ2n) is 11.0. The number of amides is 1. The number of nitrogens with zero attached hydrogens (tertiary/aromatic N) is 3. The second kappa shape index (κ2) is 15.3. The largest absolute Gasteiger partial charge is 0.352 e. The molecule has 0 aliphatic carbocycles.